The number of cyclic esters (lactones) is 1. The van der Waals surface area contributed by atoms with Crippen LogP contribution in [0.4, 0.5) is 15.3 Å². The number of epoxide rings is 1. The maximum atomic E-state index is 14.0. The van der Waals surface area contributed by atoms with Crippen LogP contribution in [-0.4, -0.2) is 126 Å². The van der Waals surface area contributed by atoms with Crippen LogP contribution in [0.15, 0.2) is 72.8 Å². The van der Waals surface area contributed by atoms with Gasteiger partial charge in [0, 0.05) is 62.3 Å². The Morgan fingerprint density at radius 1 is 0.821 bits per heavy atom. The largest absolute Gasteiger partial charge is 0.460 e. The fraction of sp³-hybridized carbons (Fsp3) is 0.550. The van der Waals surface area contributed by atoms with Crippen molar-refractivity contribution in [1.29, 1.82) is 0 Å². The Labute approximate surface area is 490 Å². The summed E-state index contributed by atoms with van der Waals surface area (Å²) in [5.41, 5.74) is 6.33. The van der Waals surface area contributed by atoms with Crippen LogP contribution in [0, 0.1) is 22.7 Å². The number of unbranched alkanes of at least 4 members (excludes halogenated alkanes) is 2. The lowest BCUT2D eigenvalue weighted by atomic mass is 9.82. The molecule has 11 amide bonds. The van der Waals surface area contributed by atoms with Crippen molar-refractivity contribution in [2.45, 2.75) is 169 Å². The summed E-state index contributed by atoms with van der Waals surface area (Å²) in [7, 11) is 0. The normalized spacial score (nSPS) is 21.6. The molecule has 24 heteroatoms. The van der Waals surface area contributed by atoms with Crippen molar-refractivity contribution in [1.82, 2.24) is 42.1 Å². The number of imide groups is 1. The van der Waals surface area contributed by atoms with Crippen molar-refractivity contribution >= 4 is 71.0 Å². The molecule has 0 aromatic heterocycles. The van der Waals surface area contributed by atoms with E-state index in [2.05, 4.69) is 42.5 Å². The van der Waals surface area contributed by atoms with Crippen LogP contribution in [0.25, 0.3) is 0 Å². The molecule has 0 radical (unpaired) electrons. The minimum absolute atomic E-state index is 0.0921. The van der Waals surface area contributed by atoms with Gasteiger partial charge in [0.15, 0.2) is 0 Å². The fourth-order valence-electron chi connectivity index (χ4n) is 9.29. The number of hydrogen-bond acceptors (Lipinski definition) is 14. The van der Waals surface area contributed by atoms with Gasteiger partial charge in [-0.3, -0.25) is 43.3 Å². The van der Waals surface area contributed by atoms with Gasteiger partial charge in [0.05, 0.1) is 18.1 Å². The quantitative estimate of drug-likeness (QED) is 0.0309. The number of nitrogens with zero attached hydrogens (tertiary/aromatic N) is 1. The Hall–Kier alpha value is -8.15. The standard InChI is InChI=1S/C60H84N10O14/c1-35(2)50(69-46(72)17-11-10-12-30-70-48(74)27-28-49(70)75)54(77)67-42(15-14-29-62-57(61)80)53(76)66-41-25-21-39(22-26-41)34-82-58(81)64-32-38-19-23-40(24-20-38)52-51(84-52)36(3)44-16-13-18-45(71)63-33-47(73)65-37(4)60(8,9)56(79)68-43(55(78)83-44)31-59(5,6)7/h13,18-28,35-37,42-44,50-52H,10-12,14-17,29-34H2,1-9H3,(H,63,71)(H,64,81)(H,65,73)(H,66,76)(H,67,77)(H,68,79)(H,69,72)(H3,61,62,80)/b18-13+/t36-,37-,42?,43-,44-,50-,51+,52+/m0/s1. The molecule has 1 unspecified atom stereocenters. The number of benzene rings is 2. The summed E-state index contributed by atoms with van der Waals surface area (Å²) in [5, 5.41) is 21.7. The van der Waals surface area contributed by atoms with E-state index in [1.54, 1.807) is 65.0 Å². The van der Waals surface area contributed by atoms with Crippen LogP contribution < -0.4 is 48.3 Å². The molecule has 2 aromatic rings. The van der Waals surface area contributed by atoms with Crippen LogP contribution in [-0.2, 0) is 70.5 Å². The molecule has 3 aliphatic heterocycles. The van der Waals surface area contributed by atoms with Crippen LogP contribution in [0.1, 0.15) is 136 Å². The van der Waals surface area contributed by atoms with E-state index in [-0.39, 0.29) is 112 Å². The topological polar surface area (TPSA) is 344 Å². The highest BCUT2D eigenvalue weighted by atomic mass is 16.6. The first kappa shape index (κ1) is 66.6. The maximum Gasteiger partial charge on any atom is 0.407 e. The average Bonchev–Trinajstić information content (AvgIpc) is 2.99. The third-order valence-corrected chi connectivity index (χ3v) is 14.8. The lowest BCUT2D eigenvalue weighted by Gasteiger charge is -2.34. The molecule has 24 nitrogen and oxygen atoms in total. The summed E-state index contributed by atoms with van der Waals surface area (Å²) in [4.78, 5) is 142. The van der Waals surface area contributed by atoms with Crippen LogP contribution in [0.2, 0.25) is 0 Å². The van der Waals surface area contributed by atoms with Gasteiger partial charge >= 0.3 is 18.1 Å². The number of nitrogens with one attached hydrogen (secondary N) is 8. The number of urea groups is 1. The third-order valence-electron chi connectivity index (χ3n) is 14.8. The van der Waals surface area contributed by atoms with Crippen LogP contribution >= 0.6 is 0 Å². The highest BCUT2D eigenvalue weighted by molar-refractivity contribution is 6.12. The van der Waals surface area contributed by atoms with E-state index in [9.17, 15) is 52.7 Å². The lowest BCUT2D eigenvalue weighted by Crippen LogP contribution is -2.56. The van der Waals surface area contributed by atoms with Gasteiger partial charge in [0.2, 0.25) is 35.4 Å². The molecule has 458 valence electrons. The van der Waals surface area contributed by atoms with E-state index in [1.165, 1.54) is 18.2 Å². The van der Waals surface area contributed by atoms with Crippen molar-refractivity contribution in [3.05, 3.63) is 89.5 Å². The van der Waals surface area contributed by atoms with Gasteiger partial charge in [0.25, 0.3) is 11.8 Å². The molecule has 2 aromatic carbocycles. The zero-order chi connectivity index (χ0) is 61.9. The number of amides is 11. The van der Waals surface area contributed by atoms with E-state index in [1.807, 2.05) is 52.0 Å². The predicted octanol–water partition coefficient (Wildman–Crippen LogP) is 4.13. The first-order valence-electron chi connectivity index (χ1n) is 28.6. The van der Waals surface area contributed by atoms with Crippen LogP contribution in [0.3, 0.4) is 0 Å². The lowest BCUT2D eigenvalue weighted by molar-refractivity contribution is -0.157. The minimum atomic E-state index is -1.13. The predicted molar refractivity (Wildman–Crippen MR) is 309 cm³/mol. The van der Waals surface area contributed by atoms with Crippen LogP contribution in [0.5, 0.6) is 0 Å². The van der Waals surface area contributed by atoms with Gasteiger partial charge in [-0.1, -0.05) is 90.4 Å². The van der Waals surface area contributed by atoms with E-state index in [0.717, 1.165) is 16.0 Å². The number of primary amides is 1. The smallest absolute Gasteiger partial charge is 0.407 e. The molecule has 3 aliphatic rings. The number of anilines is 1. The Morgan fingerprint density at radius 3 is 2.13 bits per heavy atom. The van der Waals surface area contributed by atoms with E-state index < -0.39 is 83.3 Å². The Balaban J connectivity index is 1.10. The number of hydrogen-bond donors (Lipinski definition) is 9. The first-order valence-corrected chi connectivity index (χ1v) is 28.6. The molecule has 1 fully saturated rings. The average molecular weight is 1170 g/mol. The molecular formula is C60H84N10O14. The van der Waals surface area contributed by atoms with E-state index >= 15 is 0 Å². The fourth-order valence-corrected chi connectivity index (χ4v) is 9.29. The molecule has 3 heterocycles. The summed E-state index contributed by atoms with van der Waals surface area (Å²) in [6.07, 6.45) is 5.65. The van der Waals surface area contributed by atoms with Gasteiger partial charge in [-0.05, 0) is 99.1 Å². The summed E-state index contributed by atoms with van der Waals surface area (Å²) < 4.78 is 17.8. The highest BCUT2D eigenvalue weighted by Crippen LogP contribution is 2.45. The monoisotopic (exact) mass is 1170 g/mol. The summed E-state index contributed by atoms with van der Waals surface area (Å²) in [6, 6.07) is 9.54. The number of alkyl carbamates (subject to hydrolysis) is 1. The van der Waals surface area contributed by atoms with Crippen molar-refractivity contribution in [2.24, 2.45) is 28.4 Å². The molecule has 0 saturated carbocycles. The molecule has 0 aliphatic carbocycles. The zero-order valence-electron chi connectivity index (χ0n) is 49.6. The minimum Gasteiger partial charge on any atom is -0.460 e. The second kappa shape index (κ2) is 30.9. The number of esters is 1. The third kappa shape index (κ3) is 21.2. The Kier molecular flexibility index (Phi) is 24.6. The second-order valence-corrected chi connectivity index (χ2v) is 23.6. The Bertz CT molecular complexity index is 2740. The van der Waals surface area contributed by atoms with Gasteiger partial charge in [-0.15, -0.1) is 0 Å². The summed E-state index contributed by atoms with van der Waals surface area (Å²) >= 11 is 0. The first-order chi connectivity index (χ1) is 39.6. The van der Waals surface area contributed by atoms with Gasteiger partial charge in [0.1, 0.15) is 36.9 Å². The molecule has 8 atom stereocenters. The number of rotatable bonds is 24. The maximum absolute atomic E-state index is 14.0. The van der Waals surface area contributed by atoms with Crippen molar-refractivity contribution < 1.29 is 67.0 Å². The molecule has 10 N–H and O–H groups in total. The molecule has 84 heavy (non-hydrogen) atoms. The molecule has 0 bridgehead atoms. The van der Waals surface area contributed by atoms with Crippen molar-refractivity contribution in [2.75, 3.05) is 25.0 Å². The summed E-state index contributed by atoms with van der Waals surface area (Å²) in [6.45, 7) is 16.4. The number of carbonyl (C=O) groups excluding carboxylic acids is 11. The number of nitrogens with two attached hydrogens (primary N) is 1. The molecule has 5 rings (SSSR count). The van der Waals surface area contributed by atoms with E-state index in [0.29, 0.717) is 30.5 Å². The molecular weight excluding hydrogens is 1080 g/mol. The highest BCUT2D eigenvalue weighted by Gasteiger charge is 2.48. The molecule has 0 spiro atoms. The molecule has 1 saturated heterocycles. The van der Waals surface area contributed by atoms with Gasteiger partial charge in [-0.25, -0.2) is 14.4 Å². The zero-order valence-corrected chi connectivity index (χ0v) is 49.6. The van der Waals surface area contributed by atoms with E-state index in [4.69, 9.17) is 19.9 Å². The Morgan fingerprint density at radius 2 is 1.49 bits per heavy atom. The number of ether oxygens (including phenoxy) is 3. The van der Waals surface area contributed by atoms with Gasteiger partial charge in [-0.2, -0.15) is 0 Å². The van der Waals surface area contributed by atoms with Crippen molar-refractivity contribution in [3.63, 3.8) is 0 Å². The number of carbonyl (C=O) groups is 11. The second-order valence-electron chi connectivity index (χ2n) is 23.6. The summed E-state index contributed by atoms with van der Waals surface area (Å²) in [5.74, 6) is -5.00. The van der Waals surface area contributed by atoms with Gasteiger partial charge < -0.3 is 62.5 Å². The SMILES string of the molecule is CC(C)[C@H](NC(=O)CCCCCN1C(=O)C=CC1=O)C(=O)NC(CCCNC(N)=O)C(=O)Nc1ccc(COC(=O)NCc2ccc([C@H]3O[C@@H]3[C@@H](C)[C@@H]3C/C=C/C(=O)NCC(=O)N[C@@H](C)C(C)(C)C(=O)N[C@@H](CC(C)(C)C)C(=O)O3)cc2)cc1. The van der Waals surface area contributed by atoms with Crippen molar-refractivity contribution in [3.8, 4) is 0 Å².